The van der Waals surface area contributed by atoms with Crippen molar-refractivity contribution < 1.29 is 18.0 Å². The number of alkyl halides is 3. The van der Waals surface area contributed by atoms with Crippen LogP contribution in [0.25, 0.3) is 0 Å². The van der Waals surface area contributed by atoms with Crippen LogP contribution in [0, 0.1) is 11.3 Å². The average molecular weight is 332 g/mol. The standard InChI is InChI=1S/C15H23F3N4O/c1-14(2)10-22(9-6-12(14)15(16,17)18)13(23)19-7-4-11-5-8-20-21(11)3/h5,8,12H,4,6-7,9-10H2,1-3H3,(H,19,23)/t12-/m1/s1. The molecule has 5 nitrogen and oxygen atoms in total. The van der Waals surface area contributed by atoms with Crippen molar-refractivity contribution in [2.75, 3.05) is 19.6 Å². The lowest BCUT2D eigenvalue weighted by Gasteiger charge is -2.44. The molecule has 23 heavy (non-hydrogen) atoms. The van der Waals surface area contributed by atoms with Gasteiger partial charge in [-0.2, -0.15) is 18.3 Å². The maximum Gasteiger partial charge on any atom is 0.392 e. The Morgan fingerprint density at radius 3 is 2.70 bits per heavy atom. The van der Waals surface area contributed by atoms with Crippen LogP contribution in [0.4, 0.5) is 18.0 Å². The lowest BCUT2D eigenvalue weighted by molar-refractivity contribution is -0.214. The summed E-state index contributed by atoms with van der Waals surface area (Å²) in [5.41, 5.74) is 0.0111. The highest BCUT2D eigenvalue weighted by atomic mass is 19.4. The zero-order valence-electron chi connectivity index (χ0n) is 13.7. The molecular weight excluding hydrogens is 309 g/mol. The third kappa shape index (κ3) is 4.17. The Balaban J connectivity index is 1.86. The molecule has 1 N–H and O–H groups in total. The molecule has 1 aliphatic rings. The van der Waals surface area contributed by atoms with E-state index in [1.54, 1.807) is 24.7 Å². The molecule has 0 aliphatic carbocycles. The summed E-state index contributed by atoms with van der Waals surface area (Å²) >= 11 is 0. The molecule has 1 atom stereocenters. The number of urea groups is 1. The Morgan fingerprint density at radius 2 is 2.17 bits per heavy atom. The van der Waals surface area contributed by atoms with Gasteiger partial charge in [0.1, 0.15) is 0 Å². The molecule has 0 aromatic carbocycles. The first-order chi connectivity index (χ1) is 10.6. The number of aromatic nitrogens is 2. The number of amides is 2. The van der Waals surface area contributed by atoms with Gasteiger partial charge in [-0.3, -0.25) is 4.68 Å². The van der Waals surface area contributed by atoms with Crippen LogP contribution in [0.5, 0.6) is 0 Å². The lowest BCUT2D eigenvalue weighted by Crippen LogP contribution is -2.54. The summed E-state index contributed by atoms with van der Waals surface area (Å²) in [4.78, 5) is 13.6. The van der Waals surface area contributed by atoms with Crippen LogP contribution >= 0.6 is 0 Å². The van der Waals surface area contributed by atoms with Crippen molar-refractivity contribution in [2.24, 2.45) is 18.4 Å². The van der Waals surface area contributed by atoms with E-state index in [0.717, 1.165) is 5.69 Å². The van der Waals surface area contributed by atoms with Crippen LogP contribution in [-0.4, -0.2) is 46.5 Å². The van der Waals surface area contributed by atoms with Crippen molar-refractivity contribution in [3.05, 3.63) is 18.0 Å². The molecule has 2 rings (SSSR count). The number of rotatable bonds is 3. The van der Waals surface area contributed by atoms with E-state index in [9.17, 15) is 18.0 Å². The molecule has 0 bridgehead atoms. The van der Waals surface area contributed by atoms with E-state index in [-0.39, 0.29) is 25.5 Å². The minimum absolute atomic E-state index is 0.0499. The molecular formula is C15H23F3N4O. The van der Waals surface area contributed by atoms with E-state index in [4.69, 9.17) is 0 Å². The van der Waals surface area contributed by atoms with Crippen LogP contribution in [0.3, 0.4) is 0 Å². The highest BCUT2D eigenvalue weighted by Crippen LogP contribution is 2.44. The second-order valence-corrected chi connectivity index (χ2v) is 6.72. The molecule has 130 valence electrons. The third-order valence-electron chi connectivity index (χ3n) is 4.49. The number of piperidine rings is 1. The number of hydrogen-bond acceptors (Lipinski definition) is 2. The van der Waals surface area contributed by atoms with Crippen LogP contribution in [0.15, 0.2) is 12.3 Å². The van der Waals surface area contributed by atoms with Crippen LogP contribution in [-0.2, 0) is 13.5 Å². The number of likely N-dealkylation sites (tertiary alicyclic amines) is 1. The predicted molar refractivity (Wildman–Crippen MR) is 79.8 cm³/mol. The molecule has 0 saturated carbocycles. The van der Waals surface area contributed by atoms with Gasteiger partial charge in [0, 0.05) is 45.0 Å². The van der Waals surface area contributed by atoms with Gasteiger partial charge < -0.3 is 10.2 Å². The number of hydrogen-bond donors (Lipinski definition) is 1. The minimum atomic E-state index is -4.22. The number of nitrogens with zero attached hydrogens (tertiary/aromatic N) is 3. The van der Waals surface area contributed by atoms with Gasteiger partial charge in [-0.25, -0.2) is 4.79 Å². The fourth-order valence-electron chi connectivity index (χ4n) is 3.19. The zero-order chi connectivity index (χ0) is 17.3. The van der Waals surface area contributed by atoms with E-state index in [0.29, 0.717) is 13.0 Å². The fraction of sp³-hybridized carbons (Fsp3) is 0.733. The number of aryl methyl sites for hydroxylation is 1. The molecule has 2 amide bonds. The third-order valence-corrected chi connectivity index (χ3v) is 4.49. The molecule has 0 unspecified atom stereocenters. The van der Waals surface area contributed by atoms with E-state index in [1.807, 2.05) is 13.1 Å². The van der Waals surface area contributed by atoms with Crippen molar-refractivity contribution in [2.45, 2.75) is 32.9 Å². The Morgan fingerprint density at radius 1 is 1.48 bits per heavy atom. The molecule has 0 spiro atoms. The van der Waals surface area contributed by atoms with Crippen LogP contribution in [0.2, 0.25) is 0 Å². The van der Waals surface area contributed by atoms with Crippen molar-refractivity contribution >= 4 is 6.03 Å². The van der Waals surface area contributed by atoms with Crippen LogP contribution < -0.4 is 5.32 Å². The summed E-state index contributed by atoms with van der Waals surface area (Å²) in [6.07, 6.45) is -1.95. The molecule has 8 heteroatoms. The summed E-state index contributed by atoms with van der Waals surface area (Å²) in [6.45, 7) is 3.80. The second kappa shape index (κ2) is 6.41. The van der Waals surface area contributed by atoms with Gasteiger partial charge in [0.25, 0.3) is 0 Å². The summed E-state index contributed by atoms with van der Waals surface area (Å²) in [5, 5.41) is 6.82. The summed E-state index contributed by atoms with van der Waals surface area (Å²) in [7, 11) is 1.82. The first-order valence-corrected chi connectivity index (χ1v) is 7.67. The molecule has 0 radical (unpaired) electrons. The van der Waals surface area contributed by atoms with E-state index >= 15 is 0 Å². The number of halogens is 3. The second-order valence-electron chi connectivity index (χ2n) is 6.72. The van der Waals surface area contributed by atoms with Crippen LogP contribution in [0.1, 0.15) is 26.0 Å². The summed E-state index contributed by atoms with van der Waals surface area (Å²) < 4.78 is 40.8. The molecule has 1 saturated heterocycles. The van der Waals surface area contributed by atoms with E-state index in [1.165, 1.54) is 4.90 Å². The monoisotopic (exact) mass is 332 g/mol. The smallest absolute Gasteiger partial charge is 0.338 e. The Kier molecular flexibility index (Phi) is 4.91. The highest BCUT2D eigenvalue weighted by Gasteiger charge is 2.51. The van der Waals surface area contributed by atoms with E-state index in [2.05, 4.69) is 10.4 Å². The summed E-state index contributed by atoms with van der Waals surface area (Å²) in [5.74, 6) is -1.37. The summed E-state index contributed by atoms with van der Waals surface area (Å²) in [6, 6.07) is 1.56. The number of carbonyl (C=O) groups excluding carboxylic acids is 1. The SMILES string of the molecule is Cn1nccc1CCNC(=O)N1CC[C@@H](C(F)(F)F)C(C)(C)C1. The number of nitrogens with one attached hydrogen (secondary N) is 1. The van der Waals surface area contributed by atoms with E-state index < -0.39 is 17.5 Å². The van der Waals surface area contributed by atoms with Gasteiger partial charge in [-0.15, -0.1) is 0 Å². The Labute approximate surface area is 133 Å². The molecule has 1 aromatic heterocycles. The topological polar surface area (TPSA) is 50.2 Å². The molecule has 2 heterocycles. The van der Waals surface area contributed by atoms with Gasteiger partial charge >= 0.3 is 12.2 Å². The van der Waals surface area contributed by atoms with Gasteiger partial charge in [0.15, 0.2) is 0 Å². The Hall–Kier alpha value is -1.73. The van der Waals surface area contributed by atoms with Crippen molar-refractivity contribution in [3.63, 3.8) is 0 Å². The molecule has 1 fully saturated rings. The molecule has 1 aliphatic heterocycles. The normalized spacial score (nSPS) is 21.3. The zero-order valence-corrected chi connectivity index (χ0v) is 13.7. The first kappa shape index (κ1) is 17.6. The number of carbonyl (C=O) groups is 1. The van der Waals surface area contributed by atoms with Gasteiger partial charge in [-0.05, 0) is 17.9 Å². The highest BCUT2D eigenvalue weighted by molar-refractivity contribution is 5.74. The molecule has 1 aromatic rings. The van der Waals surface area contributed by atoms with Gasteiger partial charge in [-0.1, -0.05) is 13.8 Å². The maximum absolute atomic E-state index is 13.0. The van der Waals surface area contributed by atoms with Crippen molar-refractivity contribution in [1.82, 2.24) is 20.0 Å². The quantitative estimate of drug-likeness (QED) is 0.925. The first-order valence-electron chi connectivity index (χ1n) is 7.67. The van der Waals surface area contributed by atoms with Crippen molar-refractivity contribution in [3.8, 4) is 0 Å². The lowest BCUT2D eigenvalue weighted by atomic mass is 9.73. The van der Waals surface area contributed by atoms with Crippen molar-refractivity contribution in [1.29, 1.82) is 0 Å². The van der Waals surface area contributed by atoms with Gasteiger partial charge in [0.05, 0.1) is 5.92 Å². The van der Waals surface area contributed by atoms with Gasteiger partial charge in [0.2, 0.25) is 0 Å². The average Bonchev–Trinajstić information content (AvgIpc) is 2.81. The maximum atomic E-state index is 13.0. The largest absolute Gasteiger partial charge is 0.392 e. The fourth-order valence-corrected chi connectivity index (χ4v) is 3.19. The minimum Gasteiger partial charge on any atom is -0.338 e. The Bertz CT molecular complexity index is 553. The predicted octanol–water partition coefficient (Wildman–Crippen LogP) is 2.58.